The number of carboxylic acids is 1. The summed E-state index contributed by atoms with van der Waals surface area (Å²) in [6.45, 7) is 1.71. The molecule has 0 radical (unpaired) electrons. The Morgan fingerprint density at radius 2 is 1.78 bits per heavy atom. The Labute approximate surface area is 107 Å². The van der Waals surface area contributed by atoms with Gasteiger partial charge in [-0.1, -0.05) is 0 Å². The van der Waals surface area contributed by atoms with Gasteiger partial charge in [0.25, 0.3) is 0 Å². The molecule has 0 bridgehead atoms. The van der Waals surface area contributed by atoms with Gasteiger partial charge in [0.15, 0.2) is 0 Å². The SMILES string of the molecule is NCC1CCC(C(=O)N2CCC(C(=O)O)C2)CC1. The average molecular weight is 254 g/mol. The van der Waals surface area contributed by atoms with Crippen LogP contribution in [0.2, 0.25) is 0 Å². The molecule has 18 heavy (non-hydrogen) atoms. The van der Waals surface area contributed by atoms with Crippen molar-refractivity contribution in [2.75, 3.05) is 19.6 Å². The van der Waals surface area contributed by atoms with Crippen LogP contribution in [-0.2, 0) is 9.59 Å². The van der Waals surface area contributed by atoms with Gasteiger partial charge in [-0.15, -0.1) is 0 Å². The summed E-state index contributed by atoms with van der Waals surface area (Å²) in [5.41, 5.74) is 5.64. The molecular weight excluding hydrogens is 232 g/mol. The third-order valence-electron chi connectivity index (χ3n) is 4.38. The first-order valence-electron chi connectivity index (χ1n) is 6.83. The fourth-order valence-corrected chi connectivity index (χ4v) is 3.07. The highest BCUT2D eigenvalue weighted by atomic mass is 16.4. The molecule has 0 aromatic heterocycles. The number of likely N-dealkylation sites (tertiary alicyclic amines) is 1. The third-order valence-corrected chi connectivity index (χ3v) is 4.38. The van der Waals surface area contributed by atoms with Gasteiger partial charge in [0, 0.05) is 19.0 Å². The van der Waals surface area contributed by atoms with Crippen LogP contribution in [0.15, 0.2) is 0 Å². The van der Waals surface area contributed by atoms with Crippen molar-refractivity contribution in [3.05, 3.63) is 0 Å². The molecule has 2 rings (SSSR count). The summed E-state index contributed by atoms with van der Waals surface area (Å²) in [5, 5.41) is 8.94. The second-order valence-corrected chi connectivity index (χ2v) is 5.56. The molecule has 0 aromatic rings. The van der Waals surface area contributed by atoms with E-state index in [-0.39, 0.29) is 17.7 Å². The van der Waals surface area contributed by atoms with Crippen molar-refractivity contribution in [3.8, 4) is 0 Å². The molecule has 2 fully saturated rings. The van der Waals surface area contributed by atoms with E-state index >= 15 is 0 Å². The van der Waals surface area contributed by atoms with Crippen LogP contribution in [0.1, 0.15) is 32.1 Å². The van der Waals surface area contributed by atoms with Gasteiger partial charge in [-0.2, -0.15) is 0 Å². The maximum absolute atomic E-state index is 12.3. The summed E-state index contributed by atoms with van der Waals surface area (Å²) in [7, 11) is 0. The second kappa shape index (κ2) is 5.69. The fraction of sp³-hybridized carbons (Fsp3) is 0.846. The normalized spacial score (nSPS) is 32.5. The van der Waals surface area contributed by atoms with Gasteiger partial charge in [0.2, 0.25) is 5.91 Å². The molecule has 5 heteroatoms. The van der Waals surface area contributed by atoms with E-state index in [1.165, 1.54) is 0 Å². The van der Waals surface area contributed by atoms with Crippen LogP contribution in [0.5, 0.6) is 0 Å². The molecule has 1 atom stereocenters. The van der Waals surface area contributed by atoms with Crippen molar-refractivity contribution in [2.24, 2.45) is 23.5 Å². The minimum absolute atomic E-state index is 0.0975. The van der Waals surface area contributed by atoms with Gasteiger partial charge in [-0.05, 0) is 44.6 Å². The van der Waals surface area contributed by atoms with Crippen molar-refractivity contribution >= 4 is 11.9 Å². The second-order valence-electron chi connectivity index (χ2n) is 5.56. The Morgan fingerprint density at radius 1 is 1.11 bits per heavy atom. The van der Waals surface area contributed by atoms with Crippen LogP contribution in [0.25, 0.3) is 0 Å². The smallest absolute Gasteiger partial charge is 0.308 e. The average Bonchev–Trinajstić information content (AvgIpc) is 2.88. The maximum atomic E-state index is 12.3. The number of nitrogens with two attached hydrogens (primary N) is 1. The van der Waals surface area contributed by atoms with E-state index in [9.17, 15) is 9.59 Å². The summed E-state index contributed by atoms with van der Waals surface area (Å²) in [5.74, 6) is -0.319. The summed E-state index contributed by atoms with van der Waals surface area (Å²) < 4.78 is 0. The summed E-state index contributed by atoms with van der Waals surface area (Å²) in [4.78, 5) is 24.9. The molecule has 1 saturated carbocycles. The van der Waals surface area contributed by atoms with Crippen LogP contribution in [0, 0.1) is 17.8 Å². The minimum Gasteiger partial charge on any atom is -0.481 e. The number of hydrogen-bond acceptors (Lipinski definition) is 3. The van der Waals surface area contributed by atoms with Gasteiger partial charge in [-0.25, -0.2) is 0 Å². The monoisotopic (exact) mass is 254 g/mol. The lowest BCUT2D eigenvalue weighted by molar-refractivity contribution is -0.141. The van der Waals surface area contributed by atoms with Crippen molar-refractivity contribution < 1.29 is 14.7 Å². The lowest BCUT2D eigenvalue weighted by Gasteiger charge is -2.29. The standard InChI is InChI=1S/C13H22N2O3/c14-7-9-1-3-10(4-2-9)12(16)15-6-5-11(8-15)13(17)18/h9-11H,1-8,14H2,(H,17,18). The van der Waals surface area contributed by atoms with E-state index in [0.29, 0.717) is 32.0 Å². The number of aliphatic carboxylic acids is 1. The number of amides is 1. The van der Waals surface area contributed by atoms with Crippen molar-refractivity contribution in [1.82, 2.24) is 4.90 Å². The predicted molar refractivity (Wildman–Crippen MR) is 66.8 cm³/mol. The molecule has 0 spiro atoms. The molecule has 1 aliphatic carbocycles. The summed E-state index contributed by atoms with van der Waals surface area (Å²) in [6.07, 6.45) is 4.48. The first-order chi connectivity index (χ1) is 8.61. The van der Waals surface area contributed by atoms with E-state index < -0.39 is 5.97 Å². The summed E-state index contributed by atoms with van der Waals surface area (Å²) in [6, 6.07) is 0. The van der Waals surface area contributed by atoms with Crippen LogP contribution in [0.3, 0.4) is 0 Å². The zero-order valence-electron chi connectivity index (χ0n) is 10.7. The molecule has 1 amide bonds. The molecular formula is C13H22N2O3. The topological polar surface area (TPSA) is 83.6 Å². The number of carbonyl (C=O) groups is 2. The van der Waals surface area contributed by atoms with Crippen molar-refractivity contribution in [3.63, 3.8) is 0 Å². The van der Waals surface area contributed by atoms with Gasteiger partial charge >= 0.3 is 5.97 Å². The molecule has 3 N–H and O–H groups in total. The van der Waals surface area contributed by atoms with Crippen molar-refractivity contribution in [1.29, 1.82) is 0 Å². The molecule has 1 heterocycles. The number of nitrogens with zero attached hydrogens (tertiary/aromatic N) is 1. The molecule has 102 valence electrons. The van der Waals surface area contributed by atoms with Crippen LogP contribution < -0.4 is 5.73 Å². The molecule has 5 nitrogen and oxygen atoms in total. The van der Waals surface area contributed by atoms with Crippen LogP contribution >= 0.6 is 0 Å². The largest absolute Gasteiger partial charge is 0.481 e. The number of rotatable bonds is 3. The maximum Gasteiger partial charge on any atom is 0.308 e. The Hall–Kier alpha value is -1.10. The van der Waals surface area contributed by atoms with E-state index in [1.54, 1.807) is 4.90 Å². The quantitative estimate of drug-likeness (QED) is 0.776. The number of carboxylic acid groups (broad SMARTS) is 1. The Kier molecular flexibility index (Phi) is 4.22. The summed E-state index contributed by atoms with van der Waals surface area (Å²) >= 11 is 0. The zero-order chi connectivity index (χ0) is 13.1. The van der Waals surface area contributed by atoms with E-state index in [1.807, 2.05) is 0 Å². The highest BCUT2D eigenvalue weighted by Crippen LogP contribution is 2.30. The molecule has 1 unspecified atom stereocenters. The highest BCUT2D eigenvalue weighted by molar-refractivity contribution is 5.80. The number of hydrogen-bond donors (Lipinski definition) is 2. The fourth-order valence-electron chi connectivity index (χ4n) is 3.07. The highest BCUT2D eigenvalue weighted by Gasteiger charge is 2.35. The van der Waals surface area contributed by atoms with E-state index in [0.717, 1.165) is 25.7 Å². The van der Waals surface area contributed by atoms with Gasteiger partial charge in [0.1, 0.15) is 0 Å². The van der Waals surface area contributed by atoms with E-state index in [4.69, 9.17) is 10.8 Å². The number of carbonyl (C=O) groups excluding carboxylic acids is 1. The zero-order valence-corrected chi connectivity index (χ0v) is 10.7. The molecule has 2 aliphatic rings. The molecule has 1 aliphatic heterocycles. The lowest BCUT2D eigenvalue weighted by atomic mass is 9.81. The predicted octanol–water partition coefficient (Wildman–Crippen LogP) is 0.685. The first kappa shape index (κ1) is 13.3. The Bertz CT molecular complexity index is 324. The van der Waals surface area contributed by atoms with E-state index in [2.05, 4.69) is 0 Å². The third kappa shape index (κ3) is 2.83. The lowest BCUT2D eigenvalue weighted by Crippen LogP contribution is -2.37. The van der Waals surface area contributed by atoms with Gasteiger partial charge in [0.05, 0.1) is 5.92 Å². The first-order valence-corrected chi connectivity index (χ1v) is 6.83. The van der Waals surface area contributed by atoms with Gasteiger partial charge in [-0.3, -0.25) is 9.59 Å². The minimum atomic E-state index is -0.780. The van der Waals surface area contributed by atoms with Gasteiger partial charge < -0.3 is 15.7 Å². The van der Waals surface area contributed by atoms with Crippen molar-refractivity contribution in [2.45, 2.75) is 32.1 Å². The Morgan fingerprint density at radius 3 is 2.28 bits per heavy atom. The molecule has 0 aromatic carbocycles. The van der Waals surface area contributed by atoms with Crippen LogP contribution in [-0.4, -0.2) is 41.5 Å². The van der Waals surface area contributed by atoms with Crippen LogP contribution in [0.4, 0.5) is 0 Å². The molecule has 1 saturated heterocycles. The Balaban J connectivity index is 1.84.